The average molecular weight is 379 g/mol. The van der Waals surface area contributed by atoms with Gasteiger partial charge in [-0.25, -0.2) is 0 Å². The van der Waals surface area contributed by atoms with E-state index in [0.29, 0.717) is 11.6 Å². The Hall–Kier alpha value is -2.73. The van der Waals surface area contributed by atoms with Gasteiger partial charge in [-0.05, 0) is 74.2 Å². The molecule has 0 spiro atoms. The molecule has 2 heterocycles. The Morgan fingerprint density at radius 2 is 1.54 bits per heavy atom. The summed E-state index contributed by atoms with van der Waals surface area (Å²) >= 11 is 0. The van der Waals surface area contributed by atoms with Crippen LogP contribution < -0.4 is 0 Å². The number of rotatable bonds is 5. The lowest BCUT2D eigenvalue weighted by Gasteiger charge is -2.28. The van der Waals surface area contributed by atoms with E-state index in [0.717, 1.165) is 50.1 Å². The van der Waals surface area contributed by atoms with E-state index in [4.69, 9.17) is 0 Å². The predicted molar refractivity (Wildman–Crippen MR) is 108 cm³/mol. The molecule has 0 aliphatic carbocycles. The number of hydrogen-bond acceptors (Lipinski definition) is 4. The van der Waals surface area contributed by atoms with Gasteiger partial charge in [0.05, 0.1) is 4.92 Å². The highest BCUT2D eigenvalue weighted by molar-refractivity contribution is 5.95. The van der Waals surface area contributed by atoms with E-state index in [1.54, 1.807) is 12.1 Å². The summed E-state index contributed by atoms with van der Waals surface area (Å²) in [4.78, 5) is 27.9. The standard InChI is InChI=1S/C22H25N3O3/c26-22(24-15-3-4-21(24)16-23-13-1-2-14-23)19-7-5-17(6-8-19)18-9-11-20(12-10-18)25(27)28/h5-12,21H,1-4,13-16H2. The molecule has 0 radical (unpaired) electrons. The molecule has 1 unspecified atom stereocenters. The number of hydrogen-bond donors (Lipinski definition) is 0. The van der Waals surface area contributed by atoms with Crippen molar-refractivity contribution >= 4 is 11.6 Å². The van der Waals surface area contributed by atoms with Crippen LogP contribution in [-0.2, 0) is 0 Å². The summed E-state index contributed by atoms with van der Waals surface area (Å²) in [5.74, 6) is 0.108. The Labute approximate surface area is 164 Å². The van der Waals surface area contributed by atoms with Crippen molar-refractivity contribution in [2.75, 3.05) is 26.2 Å². The number of non-ortho nitro benzene ring substituents is 1. The molecule has 0 N–H and O–H groups in total. The summed E-state index contributed by atoms with van der Waals surface area (Å²) in [7, 11) is 0. The number of nitrogens with zero attached hydrogens (tertiary/aromatic N) is 3. The molecule has 146 valence electrons. The monoisotopic (exact) mass is 379 g/mol. The van der Waals surface area contributed by atoms with Crippen LogP contribution in [0, 0.1) is 10.1 Å². The van der Waals surface area contributed by atoms with Crippen LogP contribution in [0.4, 0.5) is 5.69 Å². The summed E-state index contributed by atoms with van der Waals surface area (Å²) in [5, 5.41) is 10.8. The molecule has 2 aromatic carbocycles. The molecule has 6 heteroatoms. The van der Waals surface area contributed by atoms with Crippen molar-refractivity contribution in [3.05, 3.63) is 64.2 Å². The van der Waals surface area contributed by atoms with Gasteiger partial charge < -0.3 is 9.80 Å². The SMILES string of the molecule is O=C(c1ccc(-c2ccc([N+](=O)[O-])cc2)cc1)N1CCCC1CN1CCCC1. The Morgan fingerprint density at radius 1 is 0.929 bits per heavy atom. The van der Waals surface area contributed by atoms with Crippen molar-refractivity contribution in [3.8, 4) is 11.1 Å². The molecule has 2 saturated heterocycles. The molecule has 0 aromatic heterocycles. The molecule has 2 aliphatic rings. The van der Waals surface area contributed by atoms with Crippen molar-refractivity contribution < 1.29 is 9.72 Å². The van der Waals surface area contributed by atoms with Gasteiger partial charge in [0.2, 0.25) is 0 Å². The molecule has 0 bridgehead atoms. The fourth-order valence-corrected chi connectivity index (χ4v) is 4.30. The zero-order chi connectivity index (χ0) is 19.5. The lowest BCUT2D eigenvalue weighted by molar-refractivity contribution is -0.384. The number of carbonyl (C=O) groups is 1. The highest BCUT2D eigenvalue weighted by atomic mass is 16.6. The van der Waals surface area contributed by atoms with Crippen molar-refractivity contribution in [2.45, 2.75) is 31.7 Å². The maximum Gasteiger partial charge on any atom is 0.269 e. The maximum absolute atomic E-state index is 13.0. The predicted octanol–water partition coefficient (Wildman–Crippen LogP) is 3.96. The third kappa shape index (κ3) is 3.92. The van der Waals surface area contributed by atoms with Gasteiger partial charge in [-0.2, -0.15) is 0 Å². The first kappa shape index (κ1) is 18.6. The Bertz CT molecular complexity index is 842. The van der Waals surface area contributed by atoms with Crippen LogP contribution in [0.1, 0.15) is 36.0 Å². The third-order valence-corrected chi connectivity index (χ3v) is 5.85. The van der Waals surface area contributed by atoms with E-state index in [2.05, 4.69) is 4.90 Å². The fraction of sp³-hybridized carbons (Fsp3) is 0.409. The molecular formula is C22H25N3O3. The molecule has 2 aliphatic heterocycles. The summed E-state index contributed by atoms with van der Waals surface area (Å²) < 4.78 is 0. The topological polar surface area (TPSA) is 66.7 Å². The lowest BCUT2D eigenvalue weighted by Crippen LogP contribution is -2.42. The number of carbonyl (C=O) groups excluding carboxylic acids is 1. The van der Waals surface area contributed by atoms with Crippen LogP contribution in [0.2, 0.25) is 0 Å². The average Bonchev–Trinajstić information content (AvgIpc) is 3.40. The van der Waals surface area contributed by atoms with E-state index in [1.165, 1.54) is 25.0 Å². The van der Waals surface area contributed by atoms with E-state index in [9.17, 15) is 14.9 Å². The summed E-state index contributed by atoms with van der Waals surface area (Å²) in [6, 6.07) is 14.4. The molecule has 28 heavy (non-hydrogen) atoms. The largest absolute Gasteiger partial charge is 0.334 e. The smallest absolute Gasteiger partial charge is 0.269 e. The molecular weight excluding hydrogens is 354 g/mol. The zero-order valence-corrected chi connectivity index (χ0v) is 15.9. The van der Waals surface area contributed by atoms with Gasteiger partial charge in [0.1, 0.15) is 0 Å². The van der Waals surface area contributed by atoms with Gasteiger partial charge in [0, 0.05) is 36.8 Å². The molecule has 2 fully saturated rings. The van der Waals surface area contributed by atoms with Gasteiger partial charge in [0.15, 0.2) is 0 Å². The van der Waals surface area contributed by atoms with Crippen molar-refractivity contribution in [3.63, 3.8) is 0 Å². The van der Waals surface area contributed by atoms with Crippen LogP contribution in [-0.4, -0.2) is 52.9 Å². The second-order valence-corrected chi connectivity index (χ2v) is 7.68. The first-order chi connectivity index (χ1) is 13.6. The second kappa shape index (κ2) is 8.10. The number of amides is 1. The number of likely N-dealkylation sites (tertiary alicyclic amines) is 2. The second-order valence-electron chi connectivity index (χ2n) is 7.68. The molecule has 4 rings (SSSR count). The minimum atomic E-state index is -0.403. The Kier molecular flexibility index (Phi) is 5.39. The van der Waals surface area contributed by atoms with Gasteiger partial charge in [-0.15, -0.1) is 0 Å². The molecule has 1 atom stereocenters. The fourth-order valence-electron chi connectivity index (χ4n) is 4.30. The van der Waals surface area contributed by atoms with Crippen LogP contribution in [0.5, 0.6) is 0 Å². The summed E-state index contributed by atoms with van der Waals surface area (Å²) in [5.41, 5.74) is 2.63. The minimum absolute atomic E-state index is 0.0774. The highest BCUT2D eigenvalue weighted by Crippen LogP contribution is 2.25. The number of nitro benzene ring substituents is 1. The quantitative estimate of drug-likeness (QED) is 0.582. The van der Waals surface area contributed by atoms with Gasteiger partial charge in [-0.3, -0.25) is 14.9 Å². The van der Waals surface area contributed by atoms with Crippen molar-refractivity contribution in [1.29, 1.82) is 0 Å². The molecule has 6 nitrogen and oxygen atoms in total. The Balaban J connectivity index is 1.45. The maximum atomic E-state index is 13.0. The van der Waals surface area contributed by atoms with Gasteiger partial charge in [0.25, 0.3) is 11.6 Å². The lowest BCUT2D eigenvalue weighted by atomic mass is 10.0. The van der Waals surface area contributed by atoms with E-state index in [1.807, 2.05) is 29.2 Å². The van der Waals surface area contributed by atoms with Crippen LogP contribution in [0.25, 0.3) is 11.1 Å². The van der Waals surface area contributed by atoms with E-state index < -0.39 is 4.92 Å². The number of nitro groups is 1. The van der Waals surface area contributed by atoms with Gasteiger partial charge >= 0.3 is 0 Å². The zero-order valence-electron chi connectivity index (χ0n) is 15.9. The Morgan fingerprint density at radius 3 is 2.14 bits per heavy atom. The summed E-state index contributed by atoms with van der Waals surface area (Å²) in [6.07, 6.45) is 4.70. The highest BCUT2D eigenvalue weighted by Gasteiger charge is 2.31. The molecule has 1 amide bonds. The first-order valence-electron chi connectivity index (χ1n) is 10.00. The number of benzene rings is 2. The van der Waals surface area contributed by atoms with Crippen LogP contribution in [0.15, 0.2) is 48.5 Å². The third-order valence-electron chi connectivity index (χ3n) is 5.85. The first-order valence-corrected chi connectivity index (χ1v) is 10.00. The normalized spacial score (nSPS) is 19.9. The minimum Gasteiger partial charge on any atom is -0.334 e. The molecule has 0 saturated carbocycles. The van der Waals surface area contributed by atoms with Gasteiger partial charge in [-0.1, -0.05) is 12.1 Å². The van der Waals surface area contributed by atoms with E-state index >= 15 is 0 Å². The summed E-state index contributed by atoms with van der Waals surface area (Å²) in [6.45, 7) is 4.14. The van der Waals surface area contributed by atoms with Crippen molar-refractivity contribution in [2.24, 2.45) is 0 Å². The van der Waals surface area contributed by atoms with Crippen LogP contribution >= 0.6 is 0 Å². The van der Waals surface area contributed by atoms with Crippen LogP contribution in [0.3, 0.4) is 0 Å². The van der Waals surface area contributed by atoms with Crippen molar-refractivity contribution in [1.82, 2.24) is 9.80 Å². The van der Waals surface area contributed by atoms with E-state index in [-0.39, 0.29) is 11.6 Å². The molecule has 2 aromatic rings.